The van der Waals surface area contributed by atoms with E-state index < -0.39 is 5.97 Å². The highest BCUT2D eigenvalue weighted by molar-refractivity contribution is 8.14. The average molecular weight is 160 g/mol. The first-order chi connectivity index (χ1) is 4.61. The van der Waals surface area contributed by atoms with Gasteiger partial charge in [-0.25, -0.2) is 0 Å². The van der Waals surface area contributed by atoms with Crippen molar-refractivity contribution in [3.8, 4) is 0 Å². The lowest BCUT2D eigenvalue weighted by Gasteiger charge is -1.92. The predicted octanol–water partition coefficient (Wildman–Crippen LogP) is 0.0862. The van der Waals surface area contributed by atoms with Crippen LogP contribution in [0.15, 0.2) is 0 Å². The Bertz CT molecular complexity index is 182. The minimum Gasteiger partial charge on any atom is -0.481 e. The van der Waals surface area contributed by atoms with Crippen LogP contribution in [-0.2, 0) is 4.79 Å². The highest BCUT2D eigenvalue weighted by atomic mass is 32.2. The lowest BCUT2D eigenvalue weighted by molar-refractivity contribution is -0.138. The zero-order valence-electron chi connectivity index (χ0n) is 5.20. The van der Waals surface area contributed by atoms with E-state index >= 15 is 0 Å². The fraction of sp³-hybridized carbons (Fsp3) is 0.600. The first-order valence-corrected chi connectivity index (χ1v) is 3.72. The number of carboxylic acids is 1. The molecular formula is C5H8N2O2S. The second-order valence-corrected chi connectivity index (χ2v) is 3.48. The van der Waals surface area contributed by atoms with Crippen molar-refractivity contribution in [3.63, 3.8) is 0 Å². The zero-order chi connectivity index (χ0) is 7.72. The lowest BCUT2D eigenvalue weighted by Crippen LogP contribution is -2.07. The van der Waals surface area contributed by atoms with E-state index in [4.69, 9.17) is 16.2 Å². The van der Waals surface area contributed by atoms with E-state index in [1.807, 2.05) is 0 Å². The summed E-state index contributed by atoms with van der Waals surface area (Å²) in [5.74, 6) is -1.05. The molecule has 0 aromatic carbocycles. The molecular weight excluding hydrogens is 152 g/mol. The Morgan fingerprint density at radius 1 is 1.80 bits per heavy atom. The highest BCUT2D eigenvalue weighted by Crippen LogP contribution is 2.41. The summed E-state index contributed by atoms with van der Waals surface area (Å²) in [4.78, 5) is 10.2. The number of nitrogens with two attached hydrogens (primary N) is 1. The van der Waals surface area contributed by atoms with E-state index in [9.17, 15) is 4.79 Å². The molecule has 0 aromatic heterocycles. The number of carbonyl (C=O) groups is 1. The van der Waals surface area contributed by atoms with Gasteiger partial charge in [0.25, 0.3) is 0 Å². The number of amidine groups is 1. The topological polar surface area (TPSA) is 87.2 Å². The van der Waals surface area contributed by atoms with Gasteiger partial charge in [-0.3, -0.25) is 10.2 Å². The SMILES string of the molecule is N=C(N)S[C@H]1C[C@H]1C(=O)O. The minimum absolute atomic E-state index is 0.00810. The smallest absolute Gasteiger partial charge is 0.307 e. The van der Waals surface area contributed by atoms with Crippen molar-refractivity contribution < 1.29 is 9.90 Å². The van der Waals surface area contributed by atoms with Crippen LogP contribution < -0.4 is 5.73 Å². The first kappa shape index (κ1) is 7.40. The van der Waals surface area contributed by atoms with E-state index in [2.05, 4.69) is 0 Å². The maximum Gasteiger partial charge on any atom is 0.307 e. The molecule has 5 heteroatoms. The molecule has 4 N–H and O–H groups in total. The molecule has 1 aliphatic rings. The zero-order valence-corrected chi connectivity index (χ0v) is 6.02. The number of aliphatic carboxylic acids is 1. The van der Waals surface area contributed by atoms with Gasteiger partial charge in [0.15, 0.2) is 5.17 Å². The van der Waals surface area contributed by atoms with Crippen LogP contribution in [0.4, 0.5) is 0 Å². The normalized spacial score (nSPS) is 29.6. The molecule has 0 heterocycles. The molecule has 1 fully saturated rings. The third-order valence-corrected chi connectivity index (χ3v) is 2.41. The van der Waals surface area contributed by atoms with Gasteiger partial charge in [-0.15, -0.1) is 0 Å². The molecule has 0 spiro atoms. The van der Waals surface area contributed by atoms with Gasteiger partial charge in [-0.05, 0) is 6.42 Å². The summed E-state index contributed by atoms with van der Waals surface area (Å²) in [5.41, 5.74) is 5.05. The van der Waals surface area contributed by atoms with Gasteiger partial charge in [-0.1, -0.05) is 11.8 Å². The van der Waals surface area contributed by atoms with E-state index in [1.54, 1.807) is 0 Å². The molecule has 0 aromatic rings. The van der Waals surface area contributed by atoms with Gasteiger partial charge in [0, 0.05) is 5.25 Å². The molecule has 0 radical (unpaired) electrons. The molecule has 2 atom stereocenters. The Balaban J connectivity index is 2.26. The summed E-state index contributed by atoms with van der Waals surface area (Å²) in [6.45, 7) is 0. The Morgan fingerprint density at radius 2 is 2.40 bits per heavy atom. The van der Waals surface area contributed by atoms with Crippen LogP contribution in [0.3, 0.4) is 0 Å². The van der Waals surface area contributed by atoms with Crippen LogP contribution in [0.1, 0.15) is 6.42 Å². The van der Waals surface area contributed by atoms with Crippen LogP contribution in [-0.4, -0.2) is 21.5 Å². The molecule has 0 bridgehead atoms. The predicted molar refractivity (Wildman–Crippen MR) is 39.0 cm³/mol. The molecule has 0 amide bonds. The largest absolute Gasteiger partial charge is 0.481 e. The monoisotopic (exact) mass is 160 g/mol. The molecule has 0 unspecified atom stereocenters. The summed E-state index contributed by atoms with van der Waals surface area (Å²) in [7, 11) is 0. The molecule has 4 nitrogen and oxygen atoms in total. The van der Waals surface area contributed by atoms with E-state index in [0.29, 0.717) is 6.42 Å². The van der Waals surface area contributed by atoms with Crippen molar-refractivity contribution in [2.45, 2.75) is 11.7 Å². The van der Waals surface area contributed by atoms with Gasteiger partial charge >= 0.3 is 5.97 Å². The Labute approximate surface area is 62.3 Å². The van der Waals surface area contributed by atoms with Gasteiger partial charge in [0.05, 0.1) is 5.92 Å². The summed E-state index contributed by atoms with van der Waals surface area (Å²) in [5, 5.41) is 15.3. The van der Waals surface area contributed by atoms with Crippen LogP contribution in [0, 0.1) is 11.3 Å². The number of nitrogens with one attached hydrogen (secondary N) is 1. The Kier molecular flexibility index (Phi) is 1.85. The number of hydrogen-bond acceptors (Lipinski definition) is 3. The number of carboxylic acid groups (broad SMARTS) is 1. The number of thioether (sulfide) groups is 1. The quantitative estimate of drug-likeness (QED) is 0.394. The van der Waals surface area contributed by atoms with Crippen molar-refractivity contribution in [1.82, 2.24) is 0 Å². The lowest BCUT2D eigenvalue weighted by atomic mass is 10.4. The van der Waals surface area contributed by atoms with Crippen LogP contribution in [0.25, 0.3) is 0 Å². The van der Waals surface area contributed by atoms with Crippen molar-refractivity contribution in [1.29, 1.82) is 5.41 Å². The average Bonchev–Trinajstić information content (AvgIpc) is 2.43. The Morgan fingerprint density at radius 3 is 2.70 bits per heavy atom. The van der Waals surface area contributed by atoms with Crippen LogP contribution in [0.2, 0.25) is 0 Å². The van der Waals surface area contributed by atoms with Crippen molar-refractivity contribution in [2.24, 2.45) is 11.7 Å². The third-order valence-electron chi connectivity index (χ3n) is 1.33. The fourth-order valence-corrected chi connectivity index (χ4v) is 1.64. The molecule has 1 rings (SSSR count). The van der Waals surface area contributed by atoms with E-state index in [0.717, 1.165) is 11.8 Å². The number of hydrogen-bond donors (Lipinski definition) is 3. The van der Waals surface area contributed by atoms with Crippen LogP contribution >= 0.6 is 11.8 Å². The minimum atomic E-state index is -0.779. The summed E-state index contributed by atoms with van der Waals surface area (Å²) in [6.07, 6.45) is 0.652. The van der Waals surface area contributed by atoms with Gasteiger partial charge in [0.2, 0.25) is 0 Å². The molecule has 0 saturated heterocycles. The van der Waals surface area contributed by atoms with Crippen molar-refractivity contribution in [2.75, 3.05) is 0 Å². The number of rotatable bonds is 2. The van der Waals surface area contributed by atoms with Crippen molar-refractivity contribution in [3.05, 3.63) is 0 Å². The Hall–Kier alpha value is -0.710. The highest BCUT2D eigenvalue weighted by Gasteiger charge is 2.44. The maximum atomic E-state index is 10.2. The maximum absolute atomic E-state index is 10.2. The molecule has 56 valence electrons. The molecule has 0 aliphatic heterocycles. The molecule has 1 saturated carbocycles. The van der Waals surface area contributed by atoms with Gasteiger partial charge < -0.3 is 10.8 Å². The first-order valence-electron chi connectivity index (χ1n) is 2.84. The van der Waals surface area contributed by atoms with E-state index in [-0.39, 0.29) is 16.3 Å². The summed E-state index contributed by atoms with van der Waals surface area (Å²) < 4.78 is 0. The standard InChI is InChI=1S/C5H8N2O2S/c6-5(7)10-3-1-2(3)4(8)9/h2-3H,1H2,(H3,6,7)(H,8,9)/t2-,3+/m1/s1. The summed E-state index contributed by atoms with van der Waals surface area (Å²) >= 11 is 1.14. The third kappa shape index (κ3) is 1.63. The van der Waals surface area contributed by atoms with Gasteiger partial charge in [0.1, 0.15) is 0 Å². The summed E-state index contributed by atoms with van der Waals surface area (Å²) in [6, 6.07) is 0. The second kappa shape index (κ2) is 2.49. The van der Waals surface area contributed by atoms with E-state index in [1.165, 1.54) is 0 Å². The van der Waals surface area contributed by atoms with Gasteiger partial charge in [-0.2, -0.15) is 0 Å². The second-order valence-electron chi connectivity index (χ2n) is 2.20. The molecule has 1 aliphatic carbocycles. The fourth-order valence-electron chi connectivity index (χ4n) is 0.725. The van der Waals surface area contributed by atoms with Crippen molar-refractivity contribution >= 4 is 22.9 Å². The molecule has 10 heavy (non-hydrogen) atoms. The van der Waals surface area contributed by atoms with Crippen LogP contribution in [0.5, 0.6) is 0 Å².